The SMILES string of the molecule is CC1(CNCCC2(CN)CCCCC2)CCOCC1. The third-order valence-electron chi connectivity index (χ3n) is 5.43. The second-order valence-electron chi connectivity index (χ2n) is 7.11. The first-order valence-electron chi connectivity index (χ1n) is 8.17. The predicted octanol–water partition coefficient (Wildman–Crippen LogP) is 2.69. The van der Waals surface area contributed by atoms with Gasteiger partial charge in [0, 0.05) is 19.8 Å². The zero-order valence-corrected chi connectivity index (χ0v) is 12.7. The van der Waals surface area contributed by atoms with Crippen LogP contribution in [0.4, 0.5) is 0 Å². The van der Waals surface area contributed by atoms with Crippen molar-refractivity contribution in [1.82, 2.24) is 5.32 Å². The van der Waals surface area contributed by atoms with Gasteiger partial charge in [-0.25, -0.2) is 0 Å². The van der Waals surface area contributed by atoms with Crippen LogP contribution in [0.25, 0.3) is 0 Å². The molecule has 1 heterocycles. The fraction of sp³-hybridized carbons (Fsp3) is 1.00. The highest BCUT2D eigenvalue weighted by atomic mass is 16.5. The summed E-state index contributed by atoms with van der Waals surface area (Å²) in [4.78, 5) is 0. The molecule has 112 valence electrons. The van der Waals surface area contributed by atoms with Gasteiger partial charge in [0.25, 0.3) is 0 Å². The Balaban J connectivity index is 1.67. The first-order valence-corrected chi connectivity index (χ1v) is 8.17. The Morgan fingerprint density at radius 1 is 1.05 bits per heavy atom. The van der Waals surface area contributed by atoms with E-state index >= 15 is 0 Å². The molecule has 0 aromatic rings. The van der Waals surface area contributed by atoms with Crippen LogP contribution in [0.2, 0.25) is 0 Å². The van der Waals surface area contributed by atoms with Gasteiger partial charge in [0.15, 0.2) is 0 Å². The second kappa shape index (κ2) is 7.05. The Kier molecular flexibility index (Phi) is 5.67. The van der Waals surface area contributed by atoms with E-state index in [1.807, 2.05) is 0 Å². The van der Waals surface area contributed by atoms with Gasteiger partial charge in [-0.15, -0.1) is 0 Å². The summed E-state index contributed by atoms with van der Waals surface area (Å²) in [6.07, 6.45) is 10.5. The van der Waals surface area contributed by atoms with E-state index in [2.05, 4.69) is 12.2 Å². The van der Waals surface area contributed by atoms with E-state index in [0.29, 0.717) is 10.8 Å². The maximum Gasteiger partial charge on any atom is 0.0471 e. The van der Waals surface area contributed by atoms with Gasteiger partial charge < -0.3 is 15.8 Å². The molecule has 19 heavy (non-hydrogen) atoms. The van der Waals surface area contributed by atoms with E-state index in [9.17, 15) is 0 Å². The van der Waals surface area contributed by atoms with Gasteiger partial charge in [0.1, 0.15) is 0 Å². The molecule has 0 aromatic heterocycles. The van der Waals surface area contributed by atoms with Crippen LogP contribution in [0.3, 0.4) is 0 Å². The average Bonchev–Trinajstić information content (AvgIpc) is 2.46. The van der Waals surface area contributed by atoms with Gasteiger partial charge in [0.2, 0.25) is 0 Å². The molecule has 0 bridgehead atoms. The largest absolute Gasteiger partial charge is 0.381 e. The lowest BCUT2D eigenvalue weighted by Gasteiger charge is -2.37. The summed E-state index contributed by atoms with van der Waals surface area (Å²) < 4.78 is 5.46. The van der Waals surface area contributed by atoms with E-state index in [4.69, 9.17) is 10.5 Å². The smallest absolute Gasteiger partial charge is 0.0471 e. The molecule has 0 radical (unpaired) electrons. The summed E-state index contributed by atoms with van der Waals surface area (Å²) in [5, 5.41) is 3.69. The summed E-state index contributed by atoms with van der Waals surface area (Å²) in [6.45, 7) is 7.40. The number of hydrogen-bond acceptors (Lipinski definition) is 3. The Morgan fingerprint density at radius 3 is 2.37 bits per heavy atom. The molecule has 0 amide bonds. The van der Waals surface area contributed by atoms with Crippen molar-refractivity contribution in [3.05, 3.63) is 0 Å². The van der Waals surface area contributed by atoms with Gasteiger partial charge in [0.05, 0.1) is 0 Å². The molecule has 3 heteroatoms. The second-order valence-corrected chi connectivity index (χ2v) is 7.11. The highest BCUT2D eigenvalue weighted by Gasteiger charge is 2.31. The summed E-state index contributed by atoms with van der Waals surface area (Å²) in [6, 6.07) is 0. The summed E-state index contributed by atoms with van der Waals surface area (Å²) in [5.41, 5.74) is 6.94. The Morgan fingerprint density at radius 2 is 1.74 bits per heavy atom. The van der Waals surface area contributed by atoms with Crippen molar-refractivity contribution in [3.8, 4) is 0 Å². The minimum atomic E-state index is 0.445. The van der Waals surface area contributed by atoms with Crippen molar-refractivity contribution in [2.24, 2.45) is 16.6 Å². The Labute approximate surface area is 118 Å². The van der Waals surface area contributed by atoms with E-state index in [-0.39, 0.29) is 0 Å². The molecule has 3 N–H and O–H groups in total. The third kappa shape index (κ3) is 4.44. The quantitative estimate of drug-likeness (QED) is 0.728. The van der Waals surface area contributed by atoms with E-state index in [0.717, 1.165) is 32.8 Å². The van der Waals surface area contributed by atoms with Crippen molar-refractivity contribution in [2.75, 3.05) is 32.8 Å². The van der Waals surface area contributed by atoms with Crippen molar-refractivity contribution < 1.29 is 4.74 Å². The highest BCUT2D eigenvalue weighted by molar-refractivity contribution is 4.85. The molecule has 0 atom stereocenters. The van der Waals surface area contributed by atoms with Gasteiger partial charge in [-0.2, -0.15) is 0 Å². The first kappa shape index (κ1) is 15.3. The zero-order chi connectivity index (χ0) is 13.6. The molecule has 1 aliphatic heterocycles. The molecule has 2 rings (SSSR count). The van der Waals surface area contributed by atoms with Crippen LogP contribution in [0.15, 0.2) is 0 Å². The molecule has 3 nitrogen and oxygen atoms in total. The molecule has 0 aromatic carbocycles. The third-order valence-corrected chi connectivity index (χ3v) is 5.43. The van der Waals surface area contributed by atoms with E-state index < -0.39 is 0 Å². The summed E-state index contributed by atoms with van der Waals surface area (Å²) >= 11 is 0. The number of nitrogens with two attached hydrogens (primary N) is 1. The fourth-order valence-corrected chi connectivity index (χ4v) is 3.64. The lowest BCUT2D eigenvalue weighted by Crippen LogP contribution is -2.40. The lowest BCUT2D eigenvalue weighted by molar-refractivity contribution is 0.0236. The number of ether oxygens (including phenoxy) is 1. The van der Waals surface area contributed by atoms with Crippen molar-refractivity contribution in [3.63, 3.8) is 0 Å². The highest BCUT2D eigenvalue weighted by Crippen LogP contribution is 2.38. The van der Waals surface area contributed by atoms with Gasteiger partial charge in [-0.05, 0) is 56.0 Å². The van der Waals surface area contributed by atoms with Crippen LogP contribution in [0, 0.1) is 10.8 Å². The van der Waals surface area contributed by atoms with Crippen molar-refractivity contribution in [2.45, 2.75) is 58.3 Å². The first-order chi connectivity index (χ1) is 9.18. The lowest BCUT2D eigenvalue weighted by atomic mass is 9.72. The van der Waals surface area contributed by atoms with Gasteiger partial charge in [-0.3, -0.25) is 0 Å². The molecule has 0 unspecified atom stereocenters. The fourth-order valence-electron chi connectivity index (χ4n) is 3.64. The maximum atomic E-state index is 6.04. The monoisotopic (exact) mass is 268 g/mol. The molecule has 2 fully saturated rings. The van der Waals surface area contributed by atoms with Gasteiger partial charge in [-0.1, -0.05) is 26.2 Å². The number of hydrogen-bond donors (Lipinski definition) is 2. The number of nitrogens with one attached hydrogen (secondary N) is 1. The molecular formula is C16H32N2O. The Hall–Kier alpha value is -0.120. The van der Waals surface area contributed by atoms with Crippen LogP contribution in [0.1, 0.15) is 58.3 Å². The van der Waals surface area contributed by atoms with Crippen LogP contribution in [-0.4, -0.2) is 32.8 Å². The average molecular weight is 268 g/mol. The molecule has 2 aliphatic rings. The summed E-state index contributed by atoms with van der Waals surface area (Å²) in [7, 11) is 0. The number of rotatable bonds is 6. The molecule has 1 saturated heterocycles. The van der Waals surface area contributed by atoms with Crippen LogP contribution < -0.4 is 11.1 Å². The Bertz CT molecular complexity index is 255. The standard InChI is InChI=1S/C16H32N2O/c1-15(8-11-19-12-9-15)14-18-10-7-16(13-17)5-3-2-4-6-16/h18H,2-14,17H2,1H3. The van der Waals surface area contributed by atoms with E-state index in [1.165, 1.54) is 51.4 Å². The minimum absolute atomic E-state index is 0.445. The van der Waals surface area contributed by atoms with Gasteiger partial charge >= 0.3 is 0 Å². The van der Waals surface area contributed by atoms with Crippen molar-refractivity contribution in [1.29, 1.82) is 0 Å². The topological polar surface area (TPSA) is 47.3 Å². The zero-order valence-electron chi connectivity index (χ0n) is 12.7. The minimum Gasteiger partial charge on any atom is -0.381 e. The van der Waals surface area contributed by atoms with Crippen molar-refractivity contribution >= 4 is 0 Å². The summed E-state index contributed by atoms with van der Waals surface area (Å²) in [5.74, 6) is 0. The van der Waals surface area contributed by atoms with Crippen LogP contribution >= 0.6 is 0 Å². The molecule has 0 spiro atoms. The predicted molar refractivity (Wildman–Crippen MR) is 80.2 cm³/mol. The van der Waals surface area contributed by atoms with Crippen LogP contribution in [-0.2, 0) is 4.74 Å². The van der Waals surface area contributed by atoms with E-state index in [1.54, 1.807) is 0 Å². The normalized spacial score (nSPS) is 26.2. The molecular weight excluding hydrogens is 236 g/mol. The molecule has 1 saturated carbocycles. The molecule has 1 aliphatic carbocycles. The maximum absolute atomic E-state index is 6.04. The van der Waals surface area contributed by atoms with Crippen LogP contribution in [0.5, 0.6) is 0 Å².